The molecule has 0 aliphatic heterocycles. The molecule has 0 spiro atoms. The van der Waals surface area contributed by atoms with Gasteiger partial charge < -0.3 is 5.11 Å². The van der Waals surface area contributed by atoms with Gasteiger partial charge in [0.25, 0.3) is 0 Å². The smallest absolute Gasteiger partial charge is 0.119 e. The second-order valence-corrected chi connectivity index (χ2v) is 3.47. The first-order chi connectivity index (χ1) is 5.70. The van der Waals surface area contributed by atoms with E-state index in [9.17, 15) is 5.11 Å². The molecule has 0 unspecified atom stereocenters. The molecule has 1 nitrogen and oxygen atoms in total. The second kappa shape index (κ2) is 4.15. The summed E-state index contributed by atoms with van der Waals surface area (Å²) in [5.74, 6) is 1.05. The number of rotatable bonds is 3. The number of hydrogen-bond acceptors (Lipinski definition) is 1. The van der Waals surface area contributed by atoms with E-state index in [1.807, 2.05) is 6.07 Å². The first-order valence-corrected chi connectivity index (χ1v) is 4.38. The maximum atomic E-state index is 9.39. The van der Waals surface area contributed by atoms with Crippen LogP contribution < -0.4 is 0 Å². The lowest BCUT2D eigenvalue weighted by Gasteiger charge is -2.05. The number of aromatic hydroxyl groups is 1. The average Bonchev–Trinajstić information content (AvgIpc) is 2.03. The quantitative estimate of drug-likeness (QED) is 0.726. The minimum absolute atomic E-state index is 0.373. The molecule has 0 heterocycles. The highest BCUT2D eigenvalue weighted by molar-refractivity contribution is 5.30. The largest absolute Gasteiger partial charge is 0.508 e. The molecule has 1 rings (SSSR count). The van der Waals surface area contributed by atoms with Crippen molar-refractivity contribution in [1.29, 1.82) is 0 Å². The molecule has 0 amide bonds. The van der Waals surface area contributed by atoms with Gasteiger partial charge in [0.2, 0.25) is 0 Å². The molecule has 0 bridgehead atoms. The van der Waals surface area contributed by atoms with Gasteiger partial charge in [-0.25, -0.2) is 0 Å². The van der Waals surface area contributed by atoms with Gasteiger partial charge in [-0.05, 0) is 30.9 Å². The fraction of sp³-hybridized carbons (Fsp3) is 0.455. The van der Waals surface area contributed by atoms with Crippen LogP contribution in [0.1, 0.15) is 25.8 Å². The van der Waals surface area contributed by atoms with Crippen molar-refractivity contribution in [2.75, 3.05) is 0 Å². The van der Waals surface area contributed by atoms with Crippen LogP contribution in [-0.2, 0) is 6.42 Å². The second-order valence-electron chi connectivity index (χ2n) is 3.47. The monoisotopic (exact) mass is 163 g/mol. The number of aryl methyl sites for hydroxylation is 1. The average molecular weight is 163 g/mol. The first kappa shape index (κ1) is 9.11. The lowest BCUT2D eigenvalue weighted by molar-refractivity contribution is 0.463. The van der Waals surface area contributed by atoms with Crippen molar-refractivity contribution in [2.45, 2.75) is 26.7 Å². The summed E-state index contributed by atoms with van der Waals surface area (Å²) < 4.78 is 0. The van der Waals surface area contributed by atoms with E-state index < -0.39 is 0 Å². The Balaban J connectivity index is 2.57. The zero-order valence-electron chi connectivity index (χ0n) is 7.67. The lowest BCUT2D eigenvalue weighted by Crippen LogP contribution is -1.92. The summed E-state index contributed by atoms with van der Waals surface area (Å²) in [6.45, 7) is 4.36. The van der Waals surface area contributed by atoms with Crippen LogP contribution in [0.3, 0.4) is 0 Å². The van der Waals surface area contributed by atoms with E-state index in [1.54, 1.807) is 12.1 Å². The Labute approximate surface area is 74.1 Å². The van der Waals surface area contributed by atoms with Gasteiger partial charge in [0.1, 0.15) is 5.75 Å². The van der Waals surface area contributed by atoms with Crippen LogP contribution in [0.2, 0.25) is 0 Å². The highest BCUT2D eigenvalue weighted by Gasteiger charge is 2.00. The van der Waals surface area contributed by atoms with E-state index in [2.05, 4.69) is 19.9 Å². The summed E-state index contributed by atoms with van der Waals surface area (Å²) in [6.07, 6.45) is 2.03. The molecule has 0 saturated heterocycles. The van der Waals surface area contributed by atoms with Gasteiger partial charge in [-0.15, -0.1) is 0 Å². The molecule has 0 saturated carbocycles. The topological polar surface area (TPSA) is 20.2 Å². The predicted molar refractivity (Wildman–Crippen MR) is 50.1 cm³/mol. The van der Waals surface area contributed by atoms with Gasteiger partial charge in [-0.2, -0.15) is 0 Å². The van der Waals surface area contributed by atoms with Crippen LogP contribution in [0.5, 0.6) is 5.75 Å². The Hall–Kier alpha value is -0.980. The first-order valence-electron chi connectivity index (χ1n) is 4.38. The van der Waals surface area contributed by atoms with Crippen LogP contribution in [-0.4, -0.2) is 5.11 Å². The van der Waals surface area contributed by atoms with Crippen LogP contribution in [0.15, 0.2) is 18.2 Å². The van der Waals surface area contributed by atoms with Crippen molar-refractivity contribution >= 4 is 0 Å². The van der Waals surface area contributed by atoms with Crippen molar-refractivity contribution in [1.82, 2.24) is 0 Å². The lowest BCUT2D eigenvalue weighted by atomic mass is 10.0. The van der Waals surface area contributed by atoms with Crippen LogP contribution in [0.25, 0.3) is 0 Å². The third kappa shape index (κ3) is 2.57. The molecule has 0 aliphatic carbocycles. The molecule has 0 aromatic heterocycles. The Bertz CT molecular complexity index is 241. The highest BCUT2D eigenvalue weighted by Crippen LogP contribution is 2.18. The Morgan fingerprint density at radius 1 is 1.50 bits per heavy atom. The summed E-state index contributed by atoms with van der Waals surface area (Å²) in [5.41, 5.74) is 0.936. The molecular formula is C11H15O. The van der Waals surface area contributed by atoms with E-state index >= 15 is 0 Å². The number of benzene rings is 1. The third-order valence-corrected chi connectivity index (χ3v) is 1.89. The van der Waals surface area contributed by atoms with E-state index in [1.165, 1.54) is 0 Å². The Kier molecular flexibility index (Phi) is 3.15. The van der Waals surface area contributed by atoms with Crippen molar-refractivity contribution in [2.24, 2.45) is 5.92 Å². The van der Waals surface area contributed by atoms with Crippen LogP contribution in [0.4, 0.5) is 0 Å². The van der Waals surface area contributed by atoms with Crippen molar-refractivity contribution < 1.29 is 5.11 Å². The molecule has 1 heteroatoms. The number of phenolic OH excluding ortho intramolecular Hbond substituents is 1. The summed E-state index contributed by atoms with van der Waals surface area (Å²) in [6, 6.07) is 8.40. The number of hydrogen-bond donors (Lipinski definition) is 1. The molecule has 0 atom stereocenters. The fourth-order valence-electron chi connectivity index (χ4n) is 1.10. The Morgan fingerprint density at radius 3 is 2.83 bits per heavy atom. The zero-order valence-corrected chi connectivity index (χ0v) is 7.67. The van der Waals surface area contributed by atoms with E-state index in [-0.39, 0.29) is 0 Å². The molecule has 1 aromatic rings. The molecule has 0 fully saturated rings. The van der Waals surface area contributed by atoms with Gasteiger partial charge in [0.15, 0.2) is 0 Å². The normalized spacial score (nSPS) is 10.6. The molecule has 1 aromatic carbocycles. The molecule has 1 radical (unpaired) electrons. The number of phenols is 1. The minimum Gasteiger partial charge on any atom is -0.508 e. The highest BCUT2D eigenvalue weighted by atomic mass is 16.3. The molecule has 0 aliphatic rings. The van der Waals surface area contributed by atoms with Gasteiger partial charge >= 0.3 is 0 Å². The zero-order chi connectivity index (χ0) is 8.97. The van der Waals surface area contributed by atoms with Crippen molar-refractivity contribution in [3.8, 4) is 5.75 Å². The van der Waals surface area contributed by atoms with Gasteiger partial charge in [-0.1, -0.05) is 26.0 Å². The summed E-state index contributed by atoms with van der Waals surface area (Å²) >= 11 is 0. The minimum atomic E-state index is 0.373. The third-order valence-electron chi connectivity index (χ3n) is 1.89. The summed E-state index contributed by atoms with van der Waals surface area (Å²) in [5, 5.41) is 9.39. The van der Waals surface area contributed by atoms with Crippen molar-refractivity contribution in [3.63, 3.8) is 0 Å². The standard InChI is InChI=1S/C11H15O/c1-9(2)7-8-10-5-3-4-6-11(10)12/h3-4,6,9,12H,7-8H2,1-2H3. The van der Waals surface area contributed by atoms with Gasteiger partial charge in [0, 0.05) is 5.56 Å². The molecule has 12 heavy (non-hydrogen) atoms. The predicted octanol–water partition coefficient (Wildman–Crippen LogP) is 2.78. The maximum Gasteiger partial charge on any atom is 0.119 e. The van der Waals surface area contributed by atoms with Gasteiger partial charge in [0.05, 0.1) is 0 Å². The SMILES string of the molecule is CC(C)CCc1[c]cccc1O. The van der Waals surface area contributed by atoms with Crippen molar-refractivity contribution in [3.05, 3.63) is 29.8 Å². The van der Waals surface area contributed by atoms with Crippen LogP contribution in [0, 0.1) is 12.0 Å². The Morgan fingerprint density at radius 2 is 2.25 bits per heavy atom. The molecule has 65 valence electrons. The summed E-state index contributed by atoms with van der Waals surface area (Å²) in [4.78, 5) is 0. The van der Waals surface area contributed by atoms with Crippen LogP contribution >= 0.6 is 0 Å². The summed E-state index contributed by atoms with van der Waals surface area (Å²) in [7, 11) is 0. The van der Waals surface area contributed by atoms with E-state index in [0.717, 1.165) is 18.4 Å². The van der Waals surface area contributed by atoms with E-state index in [0.29, 0.717) is 11.7 Å². The van der Waals surface area contributed by atoms with Gasteiger partial charge in [-0.3, -0.25) is 0 Å². The molecule has 1 N–H and O–H groups in total. The maximum absolute atomic E-state index is 9.39. The fourth-order valence-corrected chi connectivity index (χ4v) is 1.10. The molecular weight excluding hydrogens is 148 g/mol. The van der Waals surface area contributed by atoms with E-state index in [4.69, 9.17) is 0 Å².